The molecular formula is C19H38N2. The lowest BCUT2D eigenvalue weighted by Gasteiger charge is -2.49. The molecule has 0 radical (unpaired) electrons. The van der Waals surface area contributed by atoms with Gasteiger partial charge in [-0.05, 0) is 57.4 Å². The third-order valence-electron chi connectivity index (χ3n) is 6.31. The Labute approximate surface area is 133 Å². The van der Waals surface area contributed by atoms with Crippen LogP contribution in [0.2, 0.25) is 0 Å². The number of hydrogen-bond acceptors (Lipinski definition) is 2. The number of hydrogen-bond donors (Lipinski definition) is 1. The van der Waals surface area contributed by atoms with Crippen LogP contribution in [0, 0.1) is 11.8 Å². The summed E-state index contributed by atoms with van der Waals surface area (Å²) in [4.78, 5) is 2.88. The molecule has 2 nitrogen and oxygen atoms in total. The molecule has 2 heteroatoms. The van der Waals surface area contributed by atoms with Gasteiger partial charge < -0.3 is 5.32 Å². The lowest BCUT2D eigenvalue weighted by molar-refractivity contribution is 0.0130. The molecule has 1 saturated heterocycles. The highest BCUT2D eigenvalue weighted by Crippen LogP contribution is 2.35. The Morgan fingerprint density at radius 2 is 1.76 bits per heavy atom. The van der Waals surface area contributed by atoms with Gasteiger partial charge in [-0.1, -0.05) is 40.0 Å². The standard InChI is InChI=1S/C19H38N2/c1-5-13-20-18-12-14-21(16(4)15(18)3)19(6-2)17-10-8-7-9-11-17/h15-20H,5-14H2,1-4H3. The molecule has 1 heterocycles. The molecule has 2 aliphatic rings. The molecule has 0 bridgehead atoms. The van der Waals surface area contributed by atoms with E-state index >= 15 is 0 Å². The zero-order chi connectivity index (χ0) is 15.2. The summed E-state index contributed by atoms with van der Waals surface area (Å²) in [6.07, 6.45) is 11.3. The quantitative estimate of drug-likeness (QED) is 0.779. The maximum Gasteiger partial charge on any atom is 0.0124 e. The molecule has 0 spiro atoms. The molecule has 0 amide bonds. The highest BCUT2D eigenvalue weighted by molar-refractivity contribution is 4.93. The van der Waals surface area contributed by atoms with E-state index in [4.69, 9.17) is 0 Å². The minimum atomic E-state index is 0.736. The molecule has 21 heavy (non-hydrogen) atoms. The van der Waals surface area contributed by atoms with Gasteiger partial charge in [-0.2, -0.15) is 0 Å². The van der Waals surface area contributed by atoms with E-state index in [1.807, 2.05) is 0 Å². The Morgan fingerprint density at radius 3 is 2.38 bits per heavy atom. The number of nitrogens with one attached hydrogen (secondary N) is 1. The third-order valence-corrected chi connectivity index (χ3v) is 6.31. The zero-order valence-electron chi connectivity index (χ0n) is 14.9. The van der Waals surface area contributed by atoms with E-state index < -0.39 is 0 Å². The summed E-state index contributed by atoms with van der Waals surface area (Å²) in [5, 5.41) is 3.78. The first-order valence-electron chi connectivity index (χ1n) is 9.68. The average Bonchev–Trinajstić information content (AvgIpc) is 2.52. The fourth-order valence-corrected chi connectivity index (χ4v) is 4.84. The van der Waals surface area contributed by atoms with Gasteiger partial charge in [0.15, 0.2) is 0 Å². The van der Waals surface area contributed by atoms with Crippen LogP contribution in [0.1, 0.15) is 79.1 Å². The molecule has 2 rings (SSSR count). The molecule has 1 aliphatic carbocycles. The summed E-state index contributed by atoms with van der Waals surface area (Å²) in [5.74, 6) is 1.75. The van der Waals surface area contributed by atoms with Crippen LogP contribution in [0.5, 0.6) is 0 Å². The van der Waals surface area contributed by atoms with Crippen LogP contribution >= 0.6 is 0 Å². The number of piperidine rings is 1. The number of likely N-dealkylation sites (tertiary alicyclic amines) is 1. The van der Waals surface area contributed by atoms with Crippen LogP contribution in [0.25, 0.3) is 0 Å². The van der Waals surface area contributed by atoms with Crippen molar-refractivity contribution in [3.63, 3.8) is 0 Å². The summed E-state index contributed by atoms with van der Waals surface area (Å²) in [6, 6.07) is 2.31. The van der Waals surface area contributed by atoms with E-state index in [1.54, 1.807) is 0 Å². The second-order valence-electron chi connectivity index (χ2n) is 7.56. The molecule has 1 saturated carbocycles. The number of rotatable bonds is 6. The van der Waals surface area contributed by atoms with Crippen molar-refractivity contribution in [1.82, 2.24) is 10.2 Å². The van der Waals surface area contributed by atoms with Crippen LogP contribution < -0.4 is 5.32 Å². The van der Waals surface area contributed by atoms with E-state index in [1.165, 1.54) is 64.5 Å². The second-order valence-corrected chi connectivity index (χ2v) is 7.56. The van der Waals surface area contributed by atoms with Gasteiger partial charge in [-0.3, -0.25) is 4.90 Å². The van der Waals surface area contributed by atoms with Crippen LogP contribution in [0.15, 0.2) is 0 Å². The van der Waals surface area contributed by atoms with Gasteiger partial charge in [0.25, 0.3) is 0 Å². The first-order valence-corrected chi connectivity index (χ1v) is 9.68. The fraction of sp³-hybridized carbons (Fsp3) is 1.00. The van der Waals surface area contributed by atoms with E-state index in [-0.39, 0.29) is 0 Å². The van der Waals surface area contributed by atoms with Crippen molar-refractivity contribution < 1.29 is 0 Å². The predicted octanol–water partition coefficient (Wildman–Crippen LogP) is 4.44. The first-order chi connectivity index (χ1) is 10.2. The summed E-state index contributed by atoms with van der Waals surface area (Å²) in [7, 11) is 0. The van der Waals surface area contributed by atoms with Gasteiger partial charge in [0.05, 0.1) is 0 Å². The SMILES string of the molecule is CCCNC1CCN(C(CC)C2CCCCC2)C(C)C1C. The van der Waals surface area contributed by atoms with Crippen molar-refractivity contribution >= 4 is 0 Å². The van der Waals surface area contributed by atoms with Crippen molar-refractivity contribution in [3.8, 4) is 0 Å². The van der Waals surface area contributed by atoms with E-state index in [0.29, 0.717) is 0 Å². The molecule has 1 N–H and O–H groups in total. The van der Waals surface area contributed by atoms with Crippen molar-refractivity contribution in [2.24, 2.45) is 11.8 Å². The molecule has 124 valence electrons. The van der Waals surface area contributed by atoms with Gasteiger partial charge in [-0.25, -0.2) is 0 Å². The summed E-state index contributed by atoms with van der Waals surface area (Å²) < 4.78 is 0. The maximum atomic E-state index is 3.78. The van der Waals surface area contributed by atoms with E-state index in [9.17, 15) is 0 Å². The molecule has 0 aromatic rings. The molecule has 0 aromatic heterocycles. The van der Waals surface area contributed by atoms with Gasteiger partial charge in [-0.15, -0.1) is 0 Å². The lowest BCUT2D eigenvalue weighted by Crippen LogP contribution is -2.57. The van der Waals surface area contributed by atoms with Crippen molar-refractivity contribution in [2.45, 2.75) is 97.2 Å². The third kappa shape index (κ3) is 4.22. The summed E-state index contributed by atoms with van der Waals surface area (Å²) in [5.41, 5.74) is 0. The minimum absolute atomic E-state index is 0.736. The summed E-state index contributed by atoms with van der Waals surface area (Å²) in [6.45, 7) is 12.1. The van der Waals surface area contributed by atoms with Crippen LogP contribution in [0.4, 0.5) is 0 Å². The van der Waals surface area contributed by atoms with Crippen LogP contribution in [-0.2, 0) is 0 Å². The minimum Gasteiger partial charge on any atom is -0.314 e. The van der Waals surface area contributed by atoms with Crippen molar-refractivity contribution in [1.29, 1.82) is 0 Å². The molecule has 2 fully saturated rings. The Kier molecular flexibility index (Phi) is 7.01. The topological polar surface area (TPSA) is 15.3 Å². The monoisotopic (exact) mass is 294 g/mol. The molecule has 4 unspecified atom stereocenters. The predicted molar refractivity (Wildman–Crippen MR) is 92.7 cm³/mol. The molecule has 4 atom stereocenters. The molecule has 0 aromatic carbocycles. The Balaban J connectivity index is 1.95. The van der Waals surface area contributed by atoms with E-state index in [0.717, 1.165) is 30.0 Å². The normalized spacial score (nSPS) is 34.0. The smallest absolute Gasteiger partial charge is 0.0124 e. The Hall–Kier alpha value is -0.0800. The van der Waals surface area contributed by atoms with Gasteiger partial charge in [0.2, 0.25) is 0 Å². The zero-order valence-corrected chi connectivity index (χ0v) is 14.9. The van der Waals surface area contributed by atoms with Gasteiger partial charge >= 0.3 is 0 Å². The first kappa shape index (κ1) is 17.3. The van der Waals surface area contributed by atoms with Gasteiger partial charge in [0.1, 0.15) is 0 Å². The van der Waals surface area contributed by atoms with Crippen molar-refractivity contribution in [3.05, 3.63) is 0 Å². The maximum absolute atomic E-state index is 3.78. The number of nitrogens with zero attached hydrogens (tertiary/aromatic N) is 1. The average molecular weight is 295 g/mol. The van der Waals surface area contributed by atoms with Gasteiger partial charge in [0, 0.05) is 24.7 Å². The lowest BCUT2D eigenvalue weighted by atomic mass is 9.79. The summed E-state index contributed by atoms with van der Waals surface area (Å²) >= 11 is 0. The highest BCUT2D eigenvalue weighted by atomic mass is 15.2. The Bertz CT molecular complexity index is 285. The highest BCUT2D eigenvalue weighted by Gasteiger charge is 2.37. The molecule has 1 aliphatic heterocycles. The fourth-order valence-electron chi connectivity index (χ4n) is 4.84. The Morgan fingerprint density at radius 1 is 1.05 bits per heavy atom. The van der Waals surface area contributed by atoms with Crippen LogP contribution in [-0.4, -0.2) is 36.1 Å². The van der Waals surface area contributed by atoms with Crippen LogP contribution in [0.3, 0.4) is 0 Å². The molecular weight excluding hydrogens is 256 g/mol. The van der Waals surface area contributed by atoms with E-state index in [2.05, 4.69) is 37.9 Å². The second kappa shape index (κ2) is 8.53. The van der Waals surface area contributed by atoms with Crippen molar-refractivity contribution in [2.75, 3.05) is 13.1 Å². The largest absolute Gasteiger partial charge is 0.314 e.